The Labute approximate surface area is 114 Å². The van der Waals surface area contributed by atoms with Gasteiger partial charge in [0.05, 0.1) is 26.9 Å². The van der Waals surface area contributed by atoms with Crippen LogP contribution in [-0.4, -0.2) is 62.8 Å². The summed E-state index contributed by atoms with van der Waals surface area (Å²) in [5, 5.41) is 2.75. The molecule has 6 heteroatoms. The molecular formula is C13H24N2O4. The molecule has 1 fully saturated rings. The van der Waals surface area contributed by atoms with Crippen LogP contribution >= 0.6 is 0 Å². The molecule has 0 radical (unpaired) electrons. The predicted octanol–water partition coefficient (Wildman–Crippen LogP) is 0.0225. The van der Waals surface area contributed by atoms with Gasteiger partial charge in [-0.1, -0.05) is 13.8 Å². The van der Waals surface area contributed by atoms with Crippen molar-refractivity contribution in [2.45, 2.75) is 26.3 Å². The monoisotopic (exact) mass is 272 g/mol. The maximum atomic E-state index is 11.9. The highest BCUT2D eigenvalue weighted by atomic mass is 16.5. The lowest BCUT2D eigenvalue weighted by Gasteiger charge is -2.27. The Balaban J connectivity index is 2.43. The summed E-state index contributed by atoms with van der Waals surface area (Å²) >= 11 is 0. The number of esters is 1. The van der Waals surface area contributed by atoms with E-state index in [2.05, 4.69) is 5.32 Å². The van der Waals surface area contributed by atoms with Crippen LogP contribution in [0.25, 0.3) is 0 Å². The Kier molecular flexibility index (Phi) is 6.80. The highest BCUT2D eigenvalue weighted by molar-refractivity contribution is 5.85. The zero-order valence-corrected chi connectivity index (χ0v) is 12.0. The van der Waals surface area contributed by atoms with Gasteiger partial charge in [0.2, 0.25) is 5.91 Å². The van der Waals surface area contributed by atoms with E-state index in [1.165, 1.54) is 7.11 Å². The van der Waals surface area contributed by atoms with Gasteiger partial charge in [0.15, 0.2) is 0 Å². The molecule has 6 nitrogen and oxygen atoms in total. The number of morpholine rings is 1. The summed E-state index contributed by atoms with van der Waals surface area (Å²) in [6.45, 7) is 7.11. The van der Waals surface area contributed by atoms with Crippen molar-refractivity contribution in [3.63, 3.8) is 0 Å². The highest BCUT2D eigenvalue weighted by Crippen LogP contribution is 2.06. The summed E-state index contributed by atoms with van der Waals surface area (Å²) in [7, 11) is 1.34. The normalized spacial score (nSPS) is 18.1. The van der Waals surface area contributed by atoms with E-state index in [0.29, 0.717) is 32.1 Å². The number of amides is 1. The number of nitrogens with one attached hydrogen (secondary N) is 1. The van der Waals surface area contributed by atoms with Crippen LogP contribution in [0.4, 0.5) is 0 Å². The van der Waals surface area contributed by atoms with Gasteiger partial charge in [0.1, 0.15) is 6.04 Å². The third kappa shape index (κ3) is 6.02. The van der Waals surface area contributed by atoms with E-state index in [4.69, 9.17) is 9.47 Å². The van der Waals surface area contributed by atoms with Crippen molar-refractivity contribution in [1.29, 1.82) is 0 Å². The van der Waals surface area contributed by atoms with Crippen molar-refractivity contribution in [3.8, 4) is 0 Å². The van der Waals surface area contributed by atoms with Crippen molar-refractivity contribution in [2.24, 2.45) is 5.92 Å². The molecule has 1 atom stereocenters. The fourth-order valence-corrected chi connectivity index (χ4v) is 2.03. The smallest absolute Gasteiger partial charge is 0.328 e. The summed E-state index contributed by atoms with van der Waals surface area (Å²) in [6.07, 6.45) is 0.585. The zero-order valence-electron chi connectivity index (χ0n) is 12.0. The minimum absolute atomic E-state index is 0.141. The molecule has 0 aromatic rings. The van der Waals surface area contributed by atoms with Gasteiger partial charge in [0, 0.05) is 13.1 Å². The van der Waals surface area contributed by atoms with Crippen LogP contribution in [-0.2, 0) is 19.1 Å². The van der Waals surface area contributed by atoms with Gasteiger partial charge in [-0.2, -0.15) is 0 Å². The van der Waals surface area contributed by atoms with Crippen molar-refractivity contribution in [3.05, 3.63) is 0 Å². The summed E-state index contributed by atoms with van der Waals surface area (Å²) in [6, 6.07) is -0.557. The first-order valence-corrected chi connectivity index (χ1v) is 6.70. The van der Waals surface area contributed by atoms with E-state index in [0.717, 1.165) is 13.1 Å². The molecule has 0 bridgehead atoms. The average Bonchev–Trinajstić information content (AvgIpc) is 2.37. The summed E-state index contributed by atoms with van der Waals surface area (Å²) in [5.41, 5.74) is 0. The lowest BCUT2D eigenvalue weighted by molar-refractivity contribution is -0.145. The molecule has 0 saturated carbocycles. The summed E-state index contributed by atoms with van der Waals surface area (Å²) < 4.78 is 9.94. The van der Waals surface area contributed by atoms with E-state index in [-0.39, 0.29) is 11.9 Å². The molecule has 1 amide bonds. The second-order valence-electron chi connectivity index (χ2n) is 5.16. The fraction of sp³-hybridized carbons (Fsp3) is 0.846. The molecule has 0 aromatic heterocycles. The molecule has 0 aliphatic carbocycles. The number of carbonyl (C=O) groups is 2. The number of ether oxygens (including phenoxy) is 2. The van der Waals surface area contributed by atoms with Gasteiger partial charge in [-0.25, -0.2) is 4.79 Å². The van der Waals surface area contributed by atoms with Gasteiger partial charge >= 0.3 is 5.97 Å². The SMILES string of the molecule is COC(=O)C(CC(C)C)NC(=O)CN1CCOCC1. The quantitative estimate of drug-likeness (QED) is 0.691. The molecule has 19 heavy (non-hydrogen) atoms. The first kappa shape index (κ1) is 15.9. The minimum Gasteiger partial charge on any atom is -0.467 e. The molecule has 0 spiro atoms. The standard InChI is InChI=1S/C13H24N2O4/c1-10(2)8-11(13(17)18-3)14-12(16)9-15-4-6-19-7-5-15/h10-11H,4-9H2,1-3H3,(H,14,16). The van der Waals surface area contributed by atoms with Gasteiger partial charge in [-0.05, 0) is 12.3 Å². The first-order valence-electron chi connectivity index (χ1n) is 6.70. The molecule has 1 unspecified atom stereocenters. The Bertz CT molecular complexity index is 301. The number of nitrogens with zero attached hydrogens (tertiary/aromatic N) is 1. The number of hydrogen-bond donors (Lipinski definition) is 1. The van der Waals surface area contributed by atoms with Gasteiger partial charge in [0.25, 0.3) is 0 Å². The van der Waals surface area contributed by atoms with Crippen LogP contribution < -0.4 is 5.32 Å². The molecule has 0 aromatic carbocycles. The van der Waals surface area contributed by atoms with Crippen LogP contribution in [0, 0.1) is 5.92 Å². The third-order valence-electron chi connectivity index (χ3n) is 3.00. The van der Waals surface area contributed by atoms with Gasteiger partial charge in [-0.3, -0.25) is 9.69 Å². The second kappa shape index (κ2) is 8.12. The van der Waals surface area contributed by atoms with Gasteiger partial charge < -0.3 is 14.8 Å². The number of carbonyl (C=O) groups excluding carboxylic acids is 2. The Morgan fingerprint density at radius 2 is 1.95 bits per heavy atom. The average molecular weight is 272 g/mol. The van der Waals surface area contributed by atoms with E-state index in [1.807, 2.05) is 18.7 Å². The Hall–Kier alpha value is -1.14. The summed E-state index contributed by atoms with van der Waals surface area (Å²) in [4.78, 5) is 25.5. The van der Waals surface area contributed by atoms with Crippen molar-refractivity contribution < 1.29 is 19.1 Å². The topological polar surface area (TPSA) is 67.9 Å². The zero-order chi connectivity index (χ0) is 14.3. The summed E-state index contributed by atoms with van der Waals surface area (Å²) in [5.74, 6) is -0.213. The van der Waals surface area contributed by atoms with Crippen molar-refractivity contribution in [1.82, 2.24) is 10.2 Å². The van der Waals surface area contributed by atoms with Crippen LogP contribution in [0.3, 0.4) is 0 Å². The lowest BCUT2D eigenvalue weighted by atomic mass is 10.0. The molecule has 1 rings (SSSR count). The van der Waals surface area contributed by atoms with E-state index < -0.39 is 6.04 Å². The first-order chi connectivity index (χ1) is 9.02. The van der Waals surface area contributed by atoms with Crippen LogP contribution in [0.2, 0.25) is 0 Å². The molecule has 1 saturated heterocycles. The molecule has 1 aliphatic heterocycles. The molecule has 1 heterocycles. The van der Waals surface area contributed by atoms with E-state index in [9.17, 15) is 9.59 Å². The lowest BCUT2D eigenvalue weighted by Crippen LogP contribution is -2.48. The second-order valence-corrected chi connectivity index (χ2v) is 5.16. The van der Waals surface area contributed by atoms with Crippen molar-refractivity contribution in [2.75, 3.05) is 40.0 Å². The van der Waals surface area contributed by atoms with Crippen LogP contribution in [0.5, 0.6) is 0 Å². The Morgan fingerprint density at radius 3 is 2.47 bits per heavy atom. The van der Waals surface area contributed by atoms with Crippen molar-refractivity contribution >= 4 is 11.9 Å². The molecule has 110 valence electrons. The molecule has 1 N–H and O–H groups in total. The number of methoxy groups -OCH3 is 1. The van der Waals surface area contributed by atoms with Crippen LogP contribution in [0.15, 0.2) is 0 Å². The largest absolute Gasteiger partial charge is 0.467 e. The van der Waals surface area contributed by atoms with E-state index >= 15 is 0 Å². The Morgan fingerprint density at radius 1 is 1.32 bits per heavy atom. The fourth-order valence-electron chi connectivity index (χ4n) is 2.03. The van der Waals surface area contributed by atoms with Gasteiger partial charge in [-0.15, -0.1) is 0 Å². The van der Waals surface area contributed by atoms with Crippen LogP contribution in [0.1, 0.15) is 20.3 Å². The third-order valence-corrected chi connectivity index (χ3v) is 3.00. The minimum atomic E-state index is -0.557. The maximum Gasteiger partial charge on any atom is 0.328 e. The maximum absolute atomic E-state index is 11.9. The highest BCUT2D eigenvalue weighted by Gasteiger charge is 2.23. The predicted molar refractivity (Wildman–Crippen MR) is 70.7 cm³/mol. The van der Waals surface area contributed by atoms with E-state index in [1.54, 1.807) is 0 Å². The molecule has 1 aliphatic rings. The number of rotatable bonds is 6. The molecular weight excluding hydrogens is 248 g/mol. The number of hydrogen-bond acceptors (Lipinski definition) is 5.